The maximum absolute atomic E-state index is 13.8. The van der Waals surface area contributed by atoms with Gasteiger partial charge in [0.05, 0.1) is 0 Å². The Morgan fingerprint density at radius 2 is 1.81 bits per heavy atom. The van der Waals surface area contributed by atoms with Crippen LogP contribution in [0, 0.1) is 19.7 Å². The second kappa shape index (κ2) is 6.96. The number of nitrogens with zero attached hydrogens (tertiary/aromatic N) is 2. The summed E-state index contributed by atoms with van der Waals surface area (Å²) in [4.78, 5) is 9.00. The third-order valence-electron chi connectivity index (χ3n) is 3.49. The summed E-state index contributed by atoms with van der Waals surface area (Å²) in [5.74, 6) is 0.283. The first-order chi connectivity index (χ1) is 10.0. The van der Waals surface area contributed by atoms with Crippen molar-refractivity contribution in [3.8, 4) is 0 Å². The number of benzene rings is 1. The number of aryl methyl sites for hydroxylation is 2. The second-order valence-corrected chi connectivity index (χ2v) is 5.43. The van der Waals surface area contributed by atoms with E-state index in [0.29, 0.717) is 22.8 Å². The molecule has 1 heterocycles. The maximum Gasteiger partial charge on any atom is 0.133 e. The second-order valence-electron chi connectivity index (χ2n) is 5.02. The van der Waals surface area contributed by atoms with Gasteiger partial charge in [-0.15, -0.1) is 0 Å². The molecular weight excluding hydrogens is 289 g/mol. The van der Waals surface area contributed by atoms with Crippen LogP contribution in [0.3, 0.4) is 0 Å². The van der Waals surface area contributed by atoms with Crippen molar-refractivity contribution in [3.63, 3.8) is 0 Å². The molecule has 0 aliphatic rings. The highest BCUT2D eigenvalue weighted by Crippen LogP contribution is 2.22. The van der Waals surface area contributed by atoms with Gasteiger partial charge in [0, 0.05) is 28.4 Å². The monoisotopic (exact) mass is 307 g/mol. The fourth-order valence-electron chi connectivity index (χ4n) is 2.36. The topological polar surface area (TPSA) is 37.8 Å². The molecule has 1 aromatic heterocycles. The van der Waals surface area contributed by atoms with Gasteiger partial charge in [0.2, 0.25) is 0 Å². The van der Waals surface area contributed by atoms with Crippen LogP contribution in [-0.2, 0) is 12.8 Å². The van der Waals surface area contributed by atoms with Crippen LogP contribution in [0.25, 0.3) is 0 Å². The molecule has 0 aliphatic heterocycles. The van der Waals surface area contributed by atoms with Crippen LogP contribution in [0.1, 0.15) is 28.3 Å². The molecule has 112 valence electrons. The van der Waals surface area contributed by atoms with Crippen LogP contribution in [0.5, 0.6) is 0 Å². The molecule has 2 aromatic rings. The molecule has 0 spiro atoms. The van der Waals surface area contributed by atoms with Gasteiger partial charge in [0.1, 0.15) is 11.6 Å². The first kappa shape index (κ1) is 15.9. The molecule has 0 saturated carbocycles. The Balaban J connectivity index is 2.30. The van der Waals surface area contributed by atoms with Gasteiger partial charge in [-0.2, -0.15) is 0 Å². The van der Waals surface area contributed by atoms with Crippen molar-refractivity contribution >= 4 is 11.6 Å². The van der Waals surface area contributed by atoms with E-state index in [0.717, 1.165) is 29.9 Å². The number of rotatable bonds is 5. The van der Waals surface area contributed by atoms with Crippen molar-refractivity contribution in [3.05, 3.63) is 57.4 Å². The van der Waals surface area contributed by atoms with Crippen molar-refractivity contribution in [2.45, 2.75) is 26.7 Å². The van der Waals surface area contributed by atoms with Gasteiger partial charge in [-0.05, 0) is 51.6 Å². The zero-order valence-electron chi connectivity index (χ0n) is 12.5. The molecule has 3 nitrogen and oxygen atoms in total. The number of likely N-dealkylation sites (N-methyl/N-ethyl adjacent to an activating group) is 1. The predicted molar refractivity (Wildman–Crippen MR) is 83.4 cm³/mol. The molecule has 1 N–H and O–H groups in total. The van der Waals surface area contributed by atoms with E-state index in [9.17, 15) is 4.39 Å². The van der Waals surface area contributed by atoms with Crippen LogP contribution in [0.15, 0.2) is 18.2 Å². The third kappa shape index (κ3) is 3.77. The van der Waals surface area contributed by atoms with E-state index in [1.54, 1.807) is 12.1 Å². The first-order valence-corrected chi connectivity index (χ1v) is 7.31. The Hall–Kier alpha value is -1.52. The molecule has 2 rings (SSSR count). The van der Waals surface area contributed by atoms with E-state index in [4.69, 9.17) is 11.6 Å². The van der Waals surface area contributed by atoms with Gasteiger partial charge in [0.25, 0.3) is 0 Å². The van der Waals surface area contributed by atoms with Gasteiger partial charge in [-0.3, -0.25) is 0 Å². The Labute approximate surface area is 129 Å². The average Bonchev–Trinajstić information content (AvgIpc) is 2.42. The lowest BCUT2D eigenvalue weighted by Gasteiger charge is -2.11. The Bertz CT molecular complexity index is 600. The van der Waals surface area contributed by atoms with Crippen molar-refractivity contribution < 1.29 is 4.39 Å². The molecule has 1 aromatic carbocycles. The number of nitrogens with one attached hydrogen (secondary N) is 1. The summed E-state index contributed by atoms with van der Waals surface area (Å²) in [7, 11) is 1.92. The average molecular weight is 308 g/mol. The van der Waals surface area contributed by atoms with Gasteiger partial charge in [-0.25, -0.2) is 14.4 Å². The molecule has 0 amide bonds. The lowest BCUT2D eigenvalue weighted by atomic mass is 10.1. The number of halogens is 2. The van der Waals surface area contributed by atoms with E-state index in [2.05, 4.69) is 15.3 Å². The van der Waals surface area contributed by atoms with Crippen LogP contribution in [0.4, 0.5) is 4.39 Å². The highest BCUT2D eigenvalue weighted by molar-refractivity contribution is 6.31. The summed E-state index contributed by atoms with van der Waals surface area (Å²) in [6, 6.07) is 4.68. The summed E-state index contributed by atoms with van der Waals surface area (Å²) >= 11 is 6.05. The molecule has 0 bridgehead atoms. The normalized spacial score (nSPS) is 10.9. The summed E-state index contributed by atoms with van der Waals surface area (Å²) in [5, 5.41) is 3.53. The first-order valence-electron chi connectivity index (χ1n) is 6.93. The zero-order valence-corrected chi connectivity index (χ0v) is 13.3. The fraction of sp³-hybridized carbons (Fsp3) is 0.375. The van der Waals surface area contributed by atoms with Crippen LogP contribution in [0.2, 0.25) is 5.02 Å². The van der Waals surface area contributed by atoms with Gasteiger partial charge >= 0.3 is 0 Å². The van der Waals surface area contributed by atoms with E-state index >= 15 is 0 Å². The predicted octanol–water partition coefficient (Wildman–Crippen LogP) is 3.24. The minimum Gasteiger partial charge on any atom is -0.319 e. The van der Waals surface area contributed by atoms with Crippen molar-refractivity contribution in [1.82, 2.24) is 15.3 Å². The summed E-state index contributed by atoms with van der Waals surface area (Å²) in [5.41, 5.74) is 3.48. The molecule has 0 radical (unpaired) electrons. The number of hydrogen-bond acceptors (Lipinski definition) is 3. The van der Waals surface area contributed by atoms with Crippen molar-refractivity contribution in [2.24, 2.45) is 0 Å². The third-order valence-corrected chi connectivity index (χ3v) is 3.84. The largest absolute Gasteiger partial charge is 0.319 e. The minimum atomic E-state index is -0.319. The molecule has 0 atom stereocenters. The van der Waals surface area contributed by atoms with Crippen LogP contribution >= 0.6 is 11.6 Å². The molecule has 5 heteroatoms. The smallest absolute Gasteiger partial charge is 0.133 e. The van der Waals surface area contributed by atoms with Crippen LogP contribution in [-0.4, -0.2) is 23.6 Å². The van der Waals surface area contributed by atoms with E-state index in [1.165, 1.54) is 6.07 Å². The molecule has 21 heavy (non-hydrogen) atoms. The van der Waals surface area contributed by atoms with Gasteiger partial charge in [0.15, 0.2) is 0 Å². The molecule has 0 aliphatic carbocycles. The highest BCUT2D eigenvalue weighted by Gasteiger charge is 2.12. The molecule has 0 fully saturated rings. The van der Waals surface area contributed by atoms with Crippen molar-refractivity contribution in [2.75, 3.05) is 13.6 Å². The minimum absolute atomic E-state index is 0.305. The van der Waals surface area contributed by atoms with E-state index < -0.39 is 0 Å². The summed E-state index contributed by atoms with van der Waals surface area (Å²) in [6.45, 7) is 4.81. The Morgan fingerprint density at radius 1 is 1.14 bits per heavy atom. The van der Waals surface area contributed by atoms with E-state index in [-0.39, 0.29) is 5.82 Å². The summed E-state index contributed by atoms with van der Waals surface area (Å²) < 4.78 is 13.8. The zero-order chi connectivity index (χ0) is 15.4. The lowest BCUT2D eigenvalue weighted by molar-refractivity contribution is 0.611. The van der Waals surface area contributed by atoms with Gasteiger partial charge in [-0.1, -0.05) is 17.7 Å². The lowest BCUT2D eigenvalue weighted by Crippen LogP contribution is -2.14. The Morgan fingerprint density at radius 3 is 2.38 bits per heavy atom. The highest BCUT2D eigenvalue weighted by atomic mass is 35.5. The quantitative estimate of drug-likeness (QED) is 0.921. The van der Waals surface area contributed by atoms with Crippen molar-refractivity contribution in [1.29, 1.82) is 0 Å². The molecule has 0 unspecified atom stereocenters. The molecule has 0 saturated heterocycles. The number of hydrogen-bond donors (Lipinski definition) is 1. The summed E-state index contributed by atoms with van der Waals surface area (Å²) in [6.07, 6.45) is 1.19. The standard InChI is InChI=1S/C16H19ClFN3/c1-10-12(7-8-19-3)11(2)21-16(20-10)9-13-14(17)5-4-6-15(13)18/h4-6,19H,7-9H2,1-3H3. The van der Waals surface area contributed by atoms with Gasteiger partial charge < -0.3 is 5.32 Å². The van der Waals surface area contributed by atoms with Crippen LogP contribution < -0.4 is 5.32 Å². The fourth-order valence-corrected chi connectivity index (χ4v) is 2.59. The SMILES string of the molecule is CNCCc1c(C)nc(Cc2c(F)cccc2Cl)nc1C. The Kier molecular flexibility index (Phi) is 5.26. The number of aromatic nitrogens is 2. The molecular formula is C16H19ClFN3. The maximum atomic E-state index is 13.8. The van der Waals surface area contributed by atoms with E-state index in [1.807, 2.05) is 20.9 Å².